The van der Waals surface area contributed by atoms with Crippen molar-refractivity contribution in [3.05, 3.63) is 0 Å². The topological polar surface area (TPSA) is 0 Å². The van der Waals surface area contributed by atoms with Crippen LogP contribution in [0.4, 0.5) is 0 Å². The molecule has 0 aliphatic carbocycles. The van der Waals surface area contributed by atoms with Crippen LogP contribution < -0.4 is 0 Å². The molecule has 0 bridgehead atoms. The summed E-state index contributed by atoms with van der Waals surface area (Å²) in [6.07, 6.45) is 0. The molecule has 0 nitrogen and oxygen atoms in total. The van der Waals surface area contributed by atoms with Gasteiger partial charge in [-0.1, -0.05) is 41.5 Å². The van der Waals surface area contributed by atoms with Gasteiger partial charge in [0.2, 0.25) is 0 Å². The predicted molar refractivity (Wildman–Crippen MR) is 76.3 cm³/mol. The Labute approximate surface area is 112 Å². The molecule has 0 aliphatic heterocycles. The van der Waals surface area contributed by atoms with Crippen LogP contribution in [-0.2, 0) is 0 Å². The van der Waals surface area contributed by atoms with Crippen molar-refractivity contribution in [2.45, 2.75) is 56.7 Å². The normalized spacial score (nSPS) is 9.86. The molecule has 0 N–H and O–H groups in total. The van der Waals surface area contributed by atoms with E-state index in [0.29, 0.717) is 0 Å². The summed E-state index contributed by atoms with van der Waals surface area (Å²) in [6.45, 7) is 13.9. The monoisotopic (exact) mass is 286 g/mol. The zero-order valence-electron chi connectivity index (χ0n) is 10.4. The van der Waals surface area contributed by atoms with Crippen LogP contribution in [0.5, 0.6) is 0 Å². The molecule has 0 aromatic rings. The summed E-state index contributed by atoms with van der Waals surface area (Å²) in [4.78, 5) is 0. The van der Waals surface area contributed by atoms with E-state index in [2.05, 4.69) is 51.1 Å². The molecule has 0 amide bonds. The van der Waals surface area contributed by atoms with E-state index < -0.39 is 8.80 Å². The van der Waals surface area contributed by atoms with E-state index in [4.69, 9.17) is 0 Å². The van der Waals surface area contributed by atoms with Gasteiger partial charge in [0.1, 0.15) is 8.80 Å². The largest absolute Gasteiger partial charge is 0.479 e. The Morgan fingerprint density at radius 2 is 1.36 bits per heavy atom. The third-order valence-electron chi connectivity index (χ3n) is 2.22. The molecule has 0 atom stereocenters. The molecule has 0 aromatic carbocycles. The Hall–Kier alpha value is 1.02. The van der Waals surface area contributed by atoms with Gasteiger partial charge in [-0.3, -0.25) is 4.05 Å². The lowest BCUT2D eigenvalue weighted by molar-refractivity contribution is 0.954. The van der Waals surface area contributed by atoms with Crippen LogP contribution >= 0.6 is 17.0 Å². The van der Waals surface area contributed by atoms with Gasteiger partial charge in [-0.2, -0.15) is 5.54 Å². The average molecular weight is 288 g/mol. The Morgan fingerprint density at radius 3 is 1.64 bits per heavy atom. The molecule has 0 saturated carbocycles. The third-order valence-corrected chi connectivity index (χ3v) is 7.26. The maximum Gasteiger partial charge on any atom is 0.479 e. The van der Waals surface area contributed by atoms with Crippen LogP contribution in [0.25, 0.3) is 0 Å². The van der Waals surface area contributed by atoms with Crippen LogP contribution in [0.1, 0.15) is 41.5 Å². The van der Waals surface area contributed by atoms with E-state index >= 15 is 0 Å². The Bertz CT molecular complexity index is 183. The summed E-state index contributed by atoms with van der Waals surface area (Å²) in [7, 11) is -0.766. The highest BCUT2D eigenvalue weighted by molar-refractivity contribution is 8.93. The quantitative estimate of drug-likeness (QED) is 0.549. The lowest BCUT2D eigenvalue weighted by Crippen LogP contribution is -2.19. The van der Waals surface area contributed by atoms with Crippen LogP contribution in [0.2, 0.25) is 15.1 Å². The van der Waals surface area contributed by atoms with Gasteiger partial charge in [0.05, 0.1) is 0 Å². The molecule has 3 heteroatoms. The van der Waals surface area contributed by atoms with Gasteiger partial charge in [-0.15, -0.1) is 21.0 Å². The van der Waals surface area contributed by atoms with E-state index in [9.17, 15) is 0 Å². The molecular formula is C11H23BrMgSi. The van der Waals surface area contributed by atoms with Crippen molar-refractivity contribution in [2.24, 2.45) is 0 Å². The zero-order valence-corrected chi connectivity index (χ0v) is 14.7. The fraction of sp³-hybridized carbons (Fsp3) is 0.818. The second kappa shape index (κ2) is 9.26. The van der Waals surface area contributed by atoms with Crippen molar-refractivity contribution in [3.8, 4) is 9.59 Å². The van der Waals surface area contributed by atoms with Crippen LogP contribution in [-0.4, -0.2) is 29.2 Å². The van der Waals surface area contributed by atoms with Crippen molar-refractivity contribution >= 4 is 46.1 Å². The minimum atomic E-state index is -0.766. The van der Waals surface area contributed by atoms with Gasteiger partial charge in [-0.25, -0.2) is 0 Å². The minimum Gasteiger partial charge on any atom is -0.283 e. The van der Waals surface area contributed by atoms with E-state index in [-0.39, 0.29) is 37.3 Å². The first kappa shape index (κ1) is 17.4. The highest BCUT2D eigenvalue weighted by Gasteiger charge is 2.16. The number of halogens is 1. The summed E-state index contributed by atoms with van der Waals surface area (Å²) in [5.74, 6) is 0. The van der Waals surface area contributed by atoms with Gasteiger partial charge in [0.15, 0.2) is 0 Å². The standard InChI is InChI=1S/C8H15Si.C3H7.BrH.Mg/c1-6-9(7(2)3)8(4)5;1-3-2;;/h7-9H,2-5H3;3H,1-2H3;1H;. The highest BCUT2D eigenvalue weighted by Crippen LogP contribution is 2.18. The van der Waals surface area contributed by atoms with E-state index in [0.717, 1.165) is 15.1 Å². The molecule has 80 valence electrons. The smallest absolute Gasteiger partial charge is 0.283 e. The molecule has 0 aliphatic rings. The van der Waals surface area contributed by atoms with Crippen LogP contribution in [0, 0.1) is 9.59 Å². The summed E-state index contributed by atoms with van der Waals surface area (Å²) in [5, 5.41) is 0. The Kier molecular flexibility index (Phi) is 11.5. The van der Waals surface area contributed by atoms with Crippen molar-refractivity contribution in [1.29, 1.82) is 0 Å². The molecule has 0 spiro atoms. The number of rotatable bonds is 3. The molecule has 0 fully saturated rings. The lowest BCUT2D eigenvalue weighted by atomic mass is 10.5. The molecule has 0 rings (SSSR count). The van der Waals surface area contributed by atoms with Crippen molar-refractivity contribution in [3.63, 3.8) is 0 Å². The van der Waals surface area contributed by atoms with Crippen LogP contribution in [0.15, 0.2) is 0 Å². The second-order valence-electron chi connectivity index (χ2n) is 4.93. The second-order valence-corrected chi connectivity index (χ2v) is 11.3. The van der Waals surface area contributed by atoms with Gasteiger partial charge < -0.3 is 0 Å². The molecule has 0 unspecified atom stereocenters. The highest BCUT2D eigenvalue weighted by atomic mass is 79.9. The fourth-order valence-electron chi connectivity index (χ4n) is 1.48. The first-order valence-corrected chi connectivity index (χ1v) is 8.87. The Balaban J connectivity index is 0. The maximum atomic E-state index is 3.60. The first-order chi connectivity index (χ1) is 5.95. The molecule has 0 aromatic heterocycles. The molecule has 14 heavy (non-hydrogen) atoms. The lowest BCUT2D eigenvalue weighted by Gasteiger charge is -2.16. The SMILES string of the molecule is Br.C[CH](C)[Mg][C]#C[SiH](C(C)C)C(C)C. The van der Waals surface area contributed by atoms with E-state index in [1.807, 2.05) is 0 Å². The van der Waals surface area contributed by atoms with Crippen molar-refractivity contribution in [2.75, 3.05) is 0 Å². The van der Waals surface area contributed by atoms with Gasteiger partial charge in [-0.05, 0) is 11.1 Å². The summed E-state index contributed by atoms with van der Waals surface area (Å²) in [5.41, 5.74) is 5.28. The summed E-state index contributed by atoms with van der Waals surface area (Å²) >= 11 is -0.0871. The fourth-order valence-corrected chi connectivity index (χ4v) is 5.51. The van der Waals surface area contributed by atoms with Crippen molar-refractivity contribution in [1.82, 2.24) is 0 Å². The minimum absolute atomic E-state index is 0. The van der Waals surface area contributed by atoms with E-state index in [1.165, 1.54) is 0 Å². The zero-order chi connectivity index (χ0) is 10.4. The van der Waals surface area contributed by atoms with Gasteiger partial charge in [0, 0.05) is 0 Å². The maximum absolute atomic E-state index is 3.60. The third kappa shape index (κ3) is 8.34. The number of hydrogen-bond donors (Lipinski definition) is 0. The molecule has 0 radical (unpaired) electrons. The molecule has 0 saturated heterocycles. The number of hydrogen-bond acceptors (Lipinski definition) is 0. The molecular weight excluding hydrogens is 264 g/mol. The van der Waals surface area contributed by atoms with E-state index in [1.54, 1.807) is 0 Å². The first-order valence-electron chi connectivity index (χ1n) is 5.43. The molecule has 0 heterocycles. The van der Waals surface area contributed by atoms with Crippen molar-refractivity contribution < 1.29 is 0 Å². The van der Waals surface area contributed by atoms with Gasteiger partial charge in [0.25, 0.3) is 0 Å². The average Bonchev–Trinajstić information content (AvgIpc) is 1.95. The predicted octanol–water partition coefficient (Wildman–Crippen LogP) is 3.64. The van der Waals surface area contributed by atoms with Gasteiger partial charge >= 0.3 is 20.4 Å². The Morgan fingerprint density at radius 1 is 0.929 bits per heavy atom. The summed E-state index contributed by atoms with van der Waals surface area (Å²) < 4.78 is 4.36. The summed E-state index contributed by atoms with van der Waals surface area (Å²) in [6, 6.07) is 0. The van der Waals surface area contributed by atoms with Crippen LogP contribution in [0.3, 0.4) is 0 Å².